The van der Waals surface area contributed by atoms with E-state index in [0.29, 0.717) is 5.75 Å². The fraction of sp³-hybridized carbons (Fsp3) is 0.500. The van der Waals surface area contributed by atoms with Gasteiger partial charge in [0, 0.05) is 12.8 Å². The summed E-state index contributed by atoms with van der Waals surface area (Å²) < 4.78 is 11.1. The quantitative estimate of drug-likeness (QED) is 0.586. The molecule has 1 saturated heterocycles. The summed E-state index contributed by atoms with van der Waals surface area (Å²) in [4.78, 5) is 0. The number of benzene rings is 1. The molecule has 86 valence electrons. The third kappa shape index (κ3) is 1.72. The van der Waals surface area contributed by atoms with Crippen LogP contribution in [0.3, 0.4) is 0 Å². The van der Waals surface area contributed by atoms with Crippen LogP contribution in [0.15, 0.2) is 18.2 Å². The molecule has 1 aromatic rings. The molecule has 0 amide bonds. The maximum absolute atomic E-state index is 9.81. The van der Waals surface area contributed by atoms with Crippen LogP contribution in [0.2, 0.25) is 0 Å². The van der Waals surface area contributed by atoms with Gasteiger partial charge in [0.05, 0.1) is 12.2 Å². The number of halogens is 1. The first-order valence-corrected chi connectivity index (χ1v) is 6.47. The van der Waals surface area contributed by atoms with Crippen molar-refractivity contribution >= 4 is 22.6 Å². The number of alkyl halides is 1. The van der Waals surface area contributed by atoms with Crippen LogP contribution in [0.4, 0.5) is 0 Å². The Bertz CT molecular complexity index is 430. The van der Waals surface area contributed by atoms with Gasteiger partial charge in [-0.15, -0.1) is 0 Å². The van der Waals surface area contributed by atoms with Crippen LogP contribution < -0.4 is 0 Å². The standard InChI is InChI=1S/C12H13IO3/c1-12(13)15-10-5-7-3-2-4-9(14)8(7)6-11(10)16-12/h2-4,10-11,14H,5-6H2,1H3/t10?,11?,12-/m1/s1. The Labute approximate surface area is 108 Å². The van der Waals surface area contributed by atoms with Gasteiger partial charge in [0.2, 0.25) is 3.79 Å². The van der Waals surface area contributed by atoms with Crippen molar-refractivity contribution in [3.8, 4) is 5.75 Å². The van der Waals surface area contributed by atoms with Gasteiger partial charge in [-0.05, 0) is 46.7 Å². The molecule has 1 aliphatic carbocycles. The molecule has 2 unspecified atom stereocenters. The van der Waals surface area contributed by atoms with Gasteiger partial charge in [0.25, 0.3) is 0 Å². The summed E-state index contributed by atoms with van der Waals surface area (Å²) in [5, 5.41) is 9.81. The molecule has 16 heavy (non-hydrogen) atoms. The van der Waals surface area contributed by atoms with Crippen LogP contribution in [0.1, 0.15) is 18.1 Å². The Morgan fingerprint density at radius 1 is 1.31 bits per heavy atom. The van der Waals surface area contributed by atoms with Crippen LogP contribution in [0.25, 0.3) is 0 Å². The Morgan fingerprint density at radius 2 is 2.00 bits per heavy atom. The molecule has 2 aliphatic rings. The molecule has 3 rings (SSSR count). The highest BCUT2D eigenvalue weighted by molar-refractivity contribution is 14.1. The molecule has 0 spiro atoms. The fourth-order valence-corrected chi connectivity index (χ4v) is 3.19. The van der Waals surface area contributed by atoms with Crippen LogP contribution in [0, 0.1) is 0 Å². The van der Waals surface area contributed by atoms with Gasteiger partial charge in [-0.3, -0.25) is 0 Å². The number of phenols is 1. The number of hydrogen-bond donors (Lipinski definition) is 1. The van der Waals surface area contributed by atoms with E-state index in [2.05, 4.69) is 28.7 Å². The molecular weight excluding hydrogens is 319 g/mol. The lowest BCUT2D eigenvalue weighted by molar-refractivity contribution is -0.0662. The Kier molecular flexibility index (Phi) is 2.42. The molecule has 3 atom stereocenters. The first-order chi connectivity index (χ1) is 7.55. The number of aromatic hydroxyl groups is 1. The number of phenolic OH excluding ortho intramolecular Hbond substituents is 1. The van der Waals surface area contributed by atoms with Crippen LogP contribution in [-0.4, -0.2) is 21.1 Å². The van der Waals surface area contributed by atoms with Crippen molar-refractivity contribution < 1.29 is 14.6 Å². The van der Waals surface area contributed by atoms with Crippen molar-refractivity contribution in [3.05, 3.63) is 29.3 Å². The normalized spacial score (nSPS) is 36.9. The first kappa shape index (κ1) is 10.8. The average Bonchev–Trinajstić information content (AvgIpc) is 2.48. The second-order valence-corrected chi connectivity index (χ2v) is 6.43. The molecular formula is C12H13IO3. The third-order valence-corrected chi connectivity index (χ3v) is 3.72. The van der Waals surface area contributed by atoms with Gasteiger partial charge in [-0.25, -0.2) is 0 Å². The van der Waals surface area contributed by atoms with Crippen molar-refractivity contribution in [2.24, 2.45) is 0 Å². The van der Waals surface area contributed by atoms with Crippen LogP contribution in [0.5, 0.6) is 5.75 Å². The highest BCUT2D eigenvalue weighted by atomic mass is 127. The molecule has 0 saturated carbocycles. The highest BCUT2D eigenvalue weighted by Crippen LogP contribution is 2.41. The molecule has 1 aliphatic heterocycles. The van der Waals surface area contributed by atoms with Crippen molar-refractivity contribution in [1.29, 1.82) is 0 Å². The van der Waals surface area contributed by atoms with E-state index in [-0.39, 0.29) is 12.2 Å². The topological polar surface area (TPSA) is 38.7 Å². The van der Waals surface area contributed by atoms with E-state index in [1.54, 1.807) is 6.07 Å². The average molecular weight is 332 g/mol. The summed E-state index contributed by atoms with van der Waals surface area (Å²) in [5.74, 6) is 0.376. The van der Waals surface area contributed by atoms with Gasteiger partial charge >= 0.3 is 0 Å². The molecule has 1 N–H and O–H groups in total. The lowest BCUT2D eigenvalue weighted by atomic mass is 9.87. The lowest BCUT2D eigenvalue weighted by Gasteiger charge is -2.25. The zero-order valence-electron chi connectivity index (χ0n) is 8.94. The largest absolute Gasteiger partial charge is 0.508 e. The summed E-state index contributed by atoms with van der Waals surface area (Å²) in [7, 11) is 0. The van der Waals surface area contributed by atoms with E-state index in [9.17, 15) is 5.11 Å². The van der Waals surface area contributed by atoms with Gasteiger partial charge in [-0.2, -0.15) is 0 Å². The monoisotopic (exact) mass is 332 g/mol. The van der Waals surface area contributed by atoms with Gasteiger partial charge in [0.1, 0.15) is 5.75 Å². The Hall–Kier alpha value is -0.330. The summed E-state index contributed by atoms with van der Waals surface area (Å²) >= 11 is 2.17. The van der Waals surface area contributed by atoms with Crippen molar-refractivity contribution in [1.82, 2.24) is 0 Å². The van der Waals surface area contributed by atoms with E-state index in [1.807, 2.05) is 13.0 Å². The Morgan fingerprint density at radius 3 is 2.75 bits per heavy atom. The minimum Gasteiger partial charge on any atom is -0.508 e. The predicted molar refractivity (Wildman–Crippen MR) is 67.7 cm³/mol. The van der Waals surface area contributed by atoms with Crippen molar-refractivity contribution in [2.75, 3.05) is 0 Å². The number of fused-ring (bicyclic) bond motifs is 2. The molecule has 0 aromatic heterocycles. The van der Waals surface area contributed by atoms with Gasteiger partial charge in [0.15, 0.2) is 0 Å². The van der Waals surface area contributed by atoms with Crippen molar-refractivity contribution in [2.45, 2.75) is 35.8 Å². The number of ether oxygens (including phenoxy) is 2. The molecule has 1 fully saturated rings. The highest BCUT2D eigenvalue weighted by Gasteiger charge is 2.45. The van der Waals surface area contributed by atoms with E-state index < -0.39 is 3.79 Å². The maximum Gasteiger partial charge on any atom is 0.219 e. The fourth-order valence-electron chi connectivity index (χ4n) is 2.53. The molecule has 0 radical (unpaired) electrons. The number of hydrogen-bond acceptors (Lipinski definition) is 3. The second kappa shape index (κ2) is 3.58. The maximum atomic E-state index is 9.81. The van der Waals surface area contributed by atoms with E-state index in [1.165, 1.54) is 5.56 Å². The van der Waals surface area contributed by atoms with E-state index >= 15 is 0 Å². The second-order valence-electron chi connectivity index (χ2n) is 4.47. The molecule has 3 nitrogen and oxygen atoms in total. The smallest absolute Gasteiger partial charge is 0.219 e. The zero-order valence-corrected chi connectivity index (χ0v) is 11.1. The summed E-state index contributed by atoms with van der Waals surface area (Å²) in [6.45, 7) is 1.93. The number of rotatable bonds is 0. The SMILES string of the molecule is C[C@@]1(I)OC2Cc3cccc(O)c3CC2O1. The van der Waals surface area contributed by atoms with Crippen LogP contribution in [-0.2, 0) is 22.3 Å². The predicted octanol–water partition coefficient (Wildman–Crippen LogP) is 2.38. The molecule has 4 heteroatoms. The first-order valence-electron chi connectivity index (χ1n) is 5.39. The van der Waals surface area contributed by atoms with Gasteiger partial charge < -0.3 is 14.6 Å². The summed E-state index contributed by atoms with van der Waals surface area (Å²) in [5.41, 5.74) is 2.19. The van der Waals surface area contributed by atoms with E-state index in [4.69, 9.17) is 9.47 Å². The summed E-state index contributed by atoms with van der Waals surface area (Å²) in [6, 6.07) is 5.67. The van der Waals surface area contributed by atoms with Gasteiger partial charge in [-0.1, -0.05) is 12.1 Å². The molecule has 1 heterocycles. The molecule has 1 aromatic carbocycles. The van der Waals surface area contributed by atoms with Crippen LogP contribution >= 0.6 is 22.6 Å². The lowest BCUT2D eigenvalue weighted by Crippen LogP contribution is -2.32. The zero-order chi connectivity index (χ0) is 11.3. The Balaban J connectivity index is 1.94. The van der Waals surface area contributed by atoms with E-state index in [0.717, 1.165) is 18.4 Å². The van der Waals surface area contributed by atoms with Crippen molar-refractivity contribution in [3.63, 3.8) is 0 Å². The minimum absolute atomic E-state index is 0.0719. The minimum atomic E-state index is -0.523. The molecule has 0 bridgehead atoms. The summed E-state index contributed by atoms with van der Waals surface area (Å²) in [6.07, 6.45) is 1.76. The third-order valence-electron chi connectivity index (χ3n) is 3.21.